The lowest BCUT2D eigenvalue weighted by atomic mass is 10.1. The molecule has 1 heterocycles. The second-order valence-electron chi connectivity index (χ2n) is 7.20. The molecule has 0 saturated carbocycles. The molecule has 0 bridgehead atoms. The highest BCUT2D eigenvalue weighted by Crippen LogP contribution is 2.30. The Morgan fingerprint density at radius 2 is 1.90 bits per heavy atom. The van der Waals surface area contributed by atoms with Gasteiger partial charge < -0.3 is 25.4 Å². The van der Waals surface area contributed by atoms with Crippen LogP contribution < -0.4 is 20.5 Å². The summed E-state index contributed by atoms with van der Waals surface area (Å²) in [6.07, 6.45) is 0. The minimum absolute atomic E-state index is 0.227. The highest BCUT2D eigenvalue weighted by atomic mass is 32.2. The molecule has 164 valence electrons. The first kappa shape index (κ1) is 22.5. The van der Waals surface area contributed by atoms with Gasteiger partial charge in [-0.2, -0.15) is 0 Å². The SMILES string of the molecule is COc1cc(C(=O)N2CSCC2C(=O)Nc2ccc(C)c(C)c2)ccc1OCC(N)=O. The number of benzene rings is 2. The first-order valence-electron chi connectivity index (χ1n) is 9.66. The maximum atomic E-state index is 13.1. The molecule has 1 unspecified atom stereocenters. The lowest BCUT2D eigenvalue weighted by Crippen LogP contribution is -2.44. The first-order valence-corrected chi connectivity index (χ1v) is 10.8. The largest absolute Gasteiger partial charge is 0.493 e. The average molecular weight is 444 g/mol. The van der Waals surface area contributed by atoms with Gasteiger partial charge in [-0.25, -0.2) is 0 Å². The Bertz CT molecular complexity index is 1010. The van der Waals surface area contributed by atoms with Crippen molar-refractivity contribution in [2.75, 3.05) is 30.7 Å². The Morgan fingerprint density at radius 3 is 2.58 bits per heavy atom. The molecule has 8 nitrogen and oxygen atoms in total. The van der Waals surface area contributed by atoms with Crippen LogP contribution >= 0.6 is 11.8 Å². The van der Waals surface area contributed by atoms with Crippen molar-refractivity contribution in [1.82, 2.24) is 4.90 Å². The number of rotatable bonds is 7. The van der Waals surface area contributed by atoms with E-state index in [0.717, 1.165) is 11.1 Å². The second kappa shape index (κ2) is 9.74. The van der Waals surface area contributed by atoms with Gasteiger partial charge in [0.1, 0.15) is 6.04 Å². The lowest BCUT2D eigenvalue weighted by molar-refractivity contribution is -0.120. The third kappa shape index (κ3) is 5.29. The highest BCUT2D eigenvalue weighted by Gasteiger charge is 2.35. The smallest absolute Gasteiger partial charge is 0.255 e. The summed E-state index contributed by atoms with van der Waals surface area (Å²) in [5.41, 5.74) is 8.38. The molecule has 0 radical (unpaired) electrons. The Labute approximate surface area is 185 Å². The fourth-order valence-electron chi connectivity index (χ4n) is 3.14. The number of aryl methyl sites for hydroxylation is 2. The maximum absolute atomic E-state index is 13.1. The predicted molar refractivity (Wildman–Crippen MR) is 120 cm³/mol. The molecule has 0 spiro atoms. The number of carbonyl (C=O) groups is 3. The van der Waals surface area contributed by atoms with E-state index in [-0.39, 0.29) is 18.4 Å². The third-order valence-electron chi connectivity index (χ3n) is 5.00. The Balaban J connectivity index is 1.74. The number of carbonyl (C=O) groups excluding carboxylic acids is 3. The summed E-state index contributed by atoms with van der Waals surface area (Å²) in [5.74, 6) is 0.396. The van der Waals surface area contributed by atoms with Crippen LogP contribution in [0.4, 0.5) is 5.69 Å². The molecule has 2 aromatic rings. The van der Waals surface area contributed by atoms with E-state index in [1.165, 1.54) is 24.9 Å². The zero-order valence-corrected chi connectivity index (χ0v) is 18.5. The summed E-state index contributed by atoms with van der Waals surface area (Å²) in [5, 5.41) is 2.91. The van der Waals surface area contributed by atoms with Crippen LogP contribution in [0, 0.1) is 13.8 Å². The van der Waals surface area contributed by atoms with Crippen molar-refractivity contribution in [2.45, 2.75) is 19.9 Å². The van der Waals surface area contributed by atoms with Crippen molar-refractivity contribution in [3.63, 3.8) is 0 Å². The van der Waals surface area contributed by atoms with E-state index in [1.54, 1.807) is 17.0 Å². The number of hydrogen-bond donors (Lipinski definition) is 2. The molecule has 1 saturated heterocycles. The molecule has 3 N–H and O–H groups in total. The van der Waals surface area contributed by atoms with Crippen LogP contribution in [0.1, 0.15) is 21.5 Å². The number of ether oxygens (including phenoxy) is 2. The van der Waals surface area contributed by atoms with Crippen molar-refractivity contribution >= 4 is 35.2 Å². The van der Waals surface area contributed by atoms with Crippen LogP contribution in [-0.2, 0) is 9.59 Å². The van der Waals surface area contributed by atoms with Crippen LogP contribution in [-0.4, -0.2) is 54.0 Å². The van der Waals surface area contributed by atoms with Crippen LogP contribution in [0.2, 0.25) is 0 Å². The van der Waals surface area contributed by atoms with E-state index in [1.807, 2.05) is 32.0 Å². The van der Waals surface area contributed by atoms with E-state index < -0.39 is 11.9 Å². The van der Waals surface area contributed by atoms with Crippen molar-refractivity contribution in [3.8, 4) is 11.5 Å². The maximum Gasteiger partial charge on any atom is 0.255 e. The van der Waals surface area contributed by atoms with Crippen LogP contribution in [0.25, 0.3) is 0 Å². The Morgan fingerprint density at radius 1 is 1.13 bits per heavy atom. The molecule has 31 heavy (non-hydrogen) atoms. The summed E-state index contributed by atoms with van der Waals surface area (Å²) in [6.45, 7) is 3.69. The minimum atomic E-state index is -0.617. The molecule has 0 aromatic heterocycles. The molecule has 2 aromatic carbocycles. The number of hydrogen-bond acceptors (Lipinski definition) is 6. The van der Waals surface area contributed by atoms with Gasteiger partial charge in [0.05, 0.1) is 13.0 Å². The zero-order valence-electron chi connectivity index (χ0n) is 17.6. The van der Waals surface area contributed by atoms with Crippen LogP contribution in [0.5, 0.6) is 11.5 Å². The van der Waals surface area contributed by atoms with Gasteiger partial charge in [0, 0.05) is 17.0 Å². The minimum Gasteiger partial charge on any atom is -0.493 e. The van der Waals surface area contributed by atoms with Crippen molar-refractivity contribution in [1.29, 1.82) is 0 Å². The summed E-state index contributed by atoms with van der Waals surface area (Å²) >= 11 is 1.52. The second-order valence-corrected chi connectivity index (χ2v) is 8.20. The number of anilines is 1. The fraction of sp³-hybridized carbons (Fsp3) is 0.318. The molecule has 1 aliphatic rings. The van der Waals surface area contributed by atoms with E-state index in [9.17, 15) is 14.4 Å². The molecule has 3 amide bonds. The summed E-state index contributed by atoms with van der Waals surface area (Å²) in [6, 6.07) is 9.77. The van der Waals surface area contributed by atoms with E-state index in [4.69, 9.17) is 15.2 Å². The normalized spacial score (nSPS) is 15.5. The van der Waals surface area contributed by atoms with Crippen molar-refractivity contribution in [2.24, 2.45) is 5.73 Å². The van der Waals surface area contributed by atoms with Gasteiger partial charge >= 0.3 is 0 Å². The van der Waals surface area contributed by atoms with Crippen LogP contribution in [0.3, 0.4) is 0 Å². The van der Waals surface area contributed by atoms with Gasteiger partial charge in [-0.05, 0) is 55.3 Å². The predicted octanol–water partition coefficient (Wildman–Crippen LogP) is 2.33. The molecular weight excluding hydrogens is 418 g/mol. The molecule has 0 aliphatic carbocycles. The van der Waals surface area contributed by atoms with Gasteiger partial charge in [-0.3, -0.25) is 14.4 Å². The van der Waals surface area contributed by atoms with E-state index in [2.05, 4.69) is 5.32 Å². The number of nitrogens with zero attached hydrogens (tertiary/aromatic N) is 1. The molecule has 1 fully saturated rings. The summed E-state index contributed by atoms with van der Waals surface area (Å²) in [7, 11) is 1.44. The van der Waals surface area contributed by atoms with Gasteiger partial charge in [0.15, 0.2) is 18.1 Å². The topological polar surface area (TPSA) is 111 Å². The van der Waals surface area contributed by atoms with E-state index in [0.29, 0.717) is 34.4 Å². The van der Waals surface area contributed by atoms with Gasteiger partial charge in [-0.15, -0.1) is 11.8 Å². The van der Waals surface area contributed by atoms with Crippen molar-refractivity contribution in [3.05, 3.63) is 53.1 Å². The molecule has 1 aliphatic heterocycles. The number of primary amides is 1. The third-order valence-corrected chi connectivity index (χ3v) is 6.01. The number of thioether (sulfide) groups is 1. The fourth-order valence-corrected chi connectivity index (χ4v) is 4.29. The summed E-state index contributed by atoms with van der Waals surface area (Å²) in [4.78, 5) is 38.5. The number of methoxy groups -OCH3 is 1. The quantitative estimate of drug-likeness (QED) is 0.680. The number of nitrogens with two attached hydrogens (primary N) is 1. The monoisotopic (exact) mass is 443 g/mol. The standard InChI is InChI=1S/C22H25N3O5S/c1-13-4-6-16(8-14(13)2)24-21(27)17-11-31-12-25(17)22(28)15-5-7-18(19(9-15)29-3)30-10-20(23)26/h4-9,17H,10-12H2,1-3H3,(H2,23,26)(H,24,27). The number of nitrogens with one attached hydrogen (secondary N) is 1. The molecule has 9 heteroatoms. The van der Waals surface area contributed by atoms with E-state index >= 15 is 0 Å². The Hall–Kier alpha value is -3.20. The average Bonchev–Trinajstić information content (AvgIpc) is 3.24. The summed E-state index contributed by atoms with van der Waals surface area (Å²) < 4.78 is 10.6. The van der Waals surface area contributed by atoms with Gasteiger partial charge in [0.25, 0.3) is 11.8 Å². The van der Waals surface area contributed by atoms with Crippen LogP contribution in [0.15, 0.2) is 36.4 Å². The van der Waals surface area contributed by atoms with Crippen molar-refractivity contribution < 1.29 is 23.9 Å². The number of amides is 3. The highest BCUT2D eigenvalue weighted by molar-refractivity contribution is 7.99. The molecular formula is C22H25N3O5S. The van der Waals surface area contributed by atoms with Gasteiger partial charge in [-0.1, -0.05) is 6.07 Å². The molecule has 3 rings (SSSR count). The first-order chi connectivity index (χ1) is 14.8. The zero-order chi connectivity index (χ0) is 22.5. The Kier molecular flexibility index (Phi) is 7.06. The molecule has 1 atom stereocenters. The lowest BCUT2D eigenvalue weighted by Gasteiger charge is -2.23. The van der Waals surface area contributed by atoms with Gasteiger partial charge in [0.2, 0.25) is 5.91 Å².